The summed E-state index contributed by atoms with van der Waals surface area (Å²) in [6, 6.07) is 79.1. The number of hydrogen-bond donors (Lipinski definition) is 0. The number of aryl methyl sites for hydroxylation is 2. The Hall–Kier alpha value is -9.26. The van der Waals surface area contributed by atoms with Crippen molar-refractivity contribution in [1.29, 1.82) is 0 Å². The number of benzene rings is 11. The third-order valence-electron chi connectivity index (χ3n) is 15.2. The fourth-order valence-electron chi connectivity index (χ4n) is 12.0. The van der Waals surface area contributed by atoms with E-state index in [2.05, 4.69) is 251 Å². The van der Waals surface area contributed by atoms with Gasteiger partial charge in [0.15, 0.2) is 0 Å². The number of aromatic nitrogens is 2. The number of anilines is 6. The van der Waals surface area contributed by atoms with E-state index in [-0.39, 0.29) is 0 Å². The first-order chi connectivity index (χ1) is 35.6. The maximum atomic E-state index is 6.87. The molecule has 6 heteroatoms. The lowest BCUT2D eigenvalue weighted by Gasteiger charge is -2.26. The second-order valence-electron chi connectivity index (χ2n) is 19.0. The van der Waals surface area contributed by atoms with E-state index in [4.69, 9.17) is 8.83 Å². The summed E-state index contributed by atoms with van der Waals surface area (Å²) in [7, 11) is 0. The van der Waals surface area contributed by atoms with Crippen LogP contribution < -0.4 is 9.80 Å². The van der Waals surface area contributed by atoms with Crippen LogP contribution in [0.3, 0.4) is 0 Å². The lowest BCUT2D eigenvalue weighted by atomic mass is 10.0. The third kappa shape index (κ3) is 5.96. The Balaban J connectivity index is 0.818. The Labute approximate surface area is 414 Å². The smallest absolute Gasteiger partial charge is 0.143 e. The van der Waals surface area contributed by atoms with Crippen molar-refractivity contribution >= 4 is 143 Å². The molecule has 0 aliphatic carbocycles. The summed E-state index contributed by atoms with van der Waals surface area (Å²) in [4.78, 5) is 4.71. The van der Waals surface area contributed by atoms with Crippen molar-refractivity contribution in [2.45, 2.75) is 26.9 Å². The van der Waals surface area contributed by atoms with Gasteiger partial charge in [0.05, 0.1) is 0 Å². The first-order valence-electron chi connectivity index (χ1n) is 25.0. The van der Waals surface area contributed by atoms with E-state index in [1.165, 1.54) is 43.6 Å². The Morgan fingerprint density at radius 3 is 1.11 bits per heavy atom. The standard InChI is InChI=1S/C66H46N4O2/c1-3-67-59-21-13-11-19-51(59)55-37-47(27-33-61(55)67)69(43-15-7-5-8-16-43)45-25-31-49-41(35-45)23-29-53-57-39-64-58(40-63(57)71-65(49)53)54-30-24-42-36-46(26-32-50(42)66(54)72-64)70(44-17-9-6-10-18-44)48-28-34-62-56(38-48)52-20-12-14-22-60(52)68(62)4-2/h5-40H,3-4H2,1-2H3. The van der Waals surface area contributed by atoms with Crippen LogP contribution in [0.25, 0.3) is 109 Å². The Morgan fingerprint density at radius 2 is 0.667 bits per heavy atom. The number of rotatable bonds is 8. The van der Waals surface area contributed by atoms with Gasteiger partial charge < -0.3 is 27.8 Å². The van der Waals surface area contributed by atoms with Crippen molar-refractivity contribution in [3.05, 3.63) is 218 Å². The highest BCUT2D eigenvalue weighted by atomic mass is 16.3. The van der Waals surface area contributed by atoms with Gasteiger partial charge in [-0.05, 0) is 158 Å². The minimum atomic E-state index is 0.843. The van der Waals surface area contributed by atoms with Gasteiger partial charge in [0, 0.05) is 123 Å². The third-order valence-corrected chi connectivity index (χ3v) is 15.2. The second-order valence-corrected chi connectivity index (χ2v) is 19.0. The topological polar surface area (TPSA) is 42.6 Å². The molecule has 0 fully saturated rings. The molecule has 11 aromatic carbocycles. The highest BCUT2D eigenvalue weighted by Gasteiger charge is 2.22. The minimum absolute atomic E-state index is 0.843. The molecule has 6 nitrogen and oxygen atoms in total. The average Bonchev–Trinajstić information content (AvgIpc) is 4.18. The van der Waals surface area contributed by atoms with E-state index in [9.17, 15) is 0 Å². The molecule has 0 unspecified atom stereocenters. The molecule has 0 saturated carbocycles. The van der Waals surface area contributed by atoms with Gasteiger partial charge in [0.2, 0.25) is 0 Å². The van der Waals surface area contributed by atoms with Gasteiger partial charge in [-0.2, -0.15) is 0 Å². The Kier molecular flexibility index (Phi) is 8.81. The monoisotopic (exact) mass is 926 g/mol. The van der Waals surface area contributed by atoms with Crippen LogP contribution in [0.5, 0.6) is 0 Å². The zero-order valence-electron chi connectivity index (χ0n) is 39.8. The maximum Gasteiger partial charge on any atom is 0.143 e. The van der Waals surface area contributed by atoms with Crippen LogP contribution in [0, 0.1) is 0 Å². The van der Waals surface area contributed by atoms with Crippen LogP contribution in [-0.4, -0.2) is 9.13 Å². The number of fused-ring (bicyclic) bond motifs is 16. The van der Waals surface area contributed by atoms with Crippen LogP contribution in [0.15, 0.2) is 227 Å². The van der Waals surface area contributed by atoms with Crippen LogP contribution in [-0.2, 0) is 13.1 Å². The van der Waals surface area contributed by atoms with Gasteiger partial charge in [-0.25, -0.2) is 0 Å². The van der Waals surface area contributed by atoms with Crippen molar-refractivity contribution in [2.24, 2.45) is 0 Å². The van der Waals surface area contributed by atoms with Crippen LogP contribution in [0.1, 0.15) is 13.8 Å². The number of furan rings is 2. The molecule has 342 valence electrons. The van der Waals surface area contributed by atoms with E-state index in [0.717, 1.165) is 113 Å². The van der Waals surface area contributed by atoms with Crippen LogP contribution in [0.2, 0.25) is 0 Å². The zero-order chi connectivity index (χ0) is 47.6. The molecule has 0 amide bonds. The molecule has 0 saturated heterocycles. The van der Waals surface area contributed by atoms with Gasteiger partial charge in [-0.3, -0.25) is 0 Å². The van der Waals surface area contributed by atoms with Crippen LogP contribution in [0.4, 0.5) is 34.1 Å². The quantitative estimate of drug-likeness (QED) is 0.152. The molecule has 0 aliphatic rings. The summed E-state index contributed by atoms with van der Waals surface area (Å²) in [6.07, 6.45) is 0. The molecule has 4 heterocycles. The Morgan fingerprint density at radius 1 is 0.292 bits per heavy atom. The SMILES string of the molecule is CCn1c2ccccc2c2cc(N(c3ccccc3)c3ccc4c(ccc5c6cc7oc8c9ccc(N(c%10ccccc%10)c%10ccc%11c(c%10)c%10ccccc%10n%11CC)cc9ccc8c7cc6oc45)c3)ccc21. The van der Waals surface area contributed by atoms with Crippen molar-refractivity contribution in [2.75, 3.05) is 9.80 Å². The second kappa shape index (κ2) is 15.6. The van der Waals surface area contributed by atoms with Gasteiger partial charge in [-0.1, -0.05) is 84.9 Å². The zero-order valence-corrected chi connectivity index (χ0v) is 39.8. The van der Waals surface area contributed by atoms with Crippen LogP contribution >= 0.6 is 0 Å². The molecule has 0 radical (unpaired) electrons. The van der Waals surface area contributed by atoms with E-state index >= 15 is 0 Å². The summed E-state index contributed by atoms with van der Waals surface area (Å²) in [5.41, 5.74) is 15.0. The Bertz CT molecular complexity index is 4370. The van der Waals surface area contributed by atoms with E-state index in [1.807, 2.05) is 0 Å². The summed E-state index contributed by atoms with van der Waals surface area (Å²) in [6.45, 7) is 6.26. The van der Waals surface area contributed by atoms with Gasteiger partial charge >= 0.3 is 0 Å². The fraction of sp³-hybridized carbons (Fsp3) is 0.0606. The first kappa shape index (κ1) is 40.6. The predicted octanol–water partition coefficient (Wildman–Crippen LogP) is 19.0. The molecule has 4 aromatic heterocycles. The maximum absolute atomic E-state index is 6.87. The number of nitrogens with zero attached hydrogens (tertiary/aromatic N) is 4. The molecular weight excluding hydrogens is 881 g/mol. The first-order valence-corrected chi connectivity index (χ1v) is 25.0. The highest BCUT2D eigenvalue weighted by Crippen LogP contribution is 2.45. The average molecular weight is 927 g/mol. The molecule has 0 atom stereocenters. The van der Waals surface area contributed by atoms with Crippen molar-refractivity contribution < 1.29 is 8.83 Å². The predicted molar refractivity (Wildman–Crippen MR) is 303 cm³/mol. The molecular formula is C66H46N4O2. The summed E-state index contributed by atoms with van der Waals surface area (Å²) >= 11 is 0. The fourth-order valence-corrected chi connectivity index (χ4v) is 12.0. The van der Waals surface area contributed by atoms with Gasteiger partial charge in [-0.15, -0.1) is 0 Å². The molecule has 0 N–H and O–H groups in total. The lowest BCUT2D eigenvalue weighted by molar-refractivity contribution is 0.667. The molecule has 72 heavy (non-hydrogen) atoms. The summed E-state index contributed by atoms with van der Waals surface area (Å²) in [5, 5.41) is 13.6. The minimum Gasteiger partial charge on any atom is -0.455 e. The summed E-state index contributed by atoms with van der Waals surface area (Å²) < 4.78 is 18.6. The van der Waals surface area contributed by atoms with E-state index < -0.39 is 0 Å². The number of hydrogen-bond acceptors (Lipinski definition) is 4. The number of para-hydroxylation sites is 4. The molecule has 0 aliphatic heterocycles. The van der Waals surface area contributed by atoms with E-state index in [0.29, 0.717) is 0 Å². The molecule has 0 spiro atoms. The van der Waals surface area contributed by atoms with Crippen molar-refractivity contribution in [3.63, 3.8) is 0 Å². The van der Waals surface area contributed by atoms with Gasteiger partial charge in [0.1, 0.15) is 22.3 Å². The molecule has 15 rings (SSSR count). The van der Waals surface area contributed by atoms with Crippen molar-refractivity contribution in [3.8, 4) is 0 Å². The van der Waals surface area contributed by atoms with Crippen molar-refractivity contribution in [1.82, 2.24) is 9.13 Å². The lowest BCUT2D eigenvalue weighted by Crippen LogP contribution is -2.09. The van der Waals surface area contributed by atoms with E-state index in [1.54, 1.807) is 0 Å². The normalized spacial score (nSPS) is 12.1. The highest BCUT2D eigenvalue weighted by molar-refractivity contribution is 6.22. The summed E-state index contributed by atoms with van der Waals surface area (Å²) in [5.74, 6) is 0. The molecule has 15 aromatic rings. The molecule has 0 bridgehead atoms. The van der Waals surface area contributed by atoms with Gasteiger partial charge in [0.25, 0.3) is 0 Å². The largest absolute Gasteiger partial charge is 0.455 e.